The molecule has 0 radical (unpaired) electrons. The Bertz CT molecular complexity index is 547. The standard InChI is InChI=1S/C13H16N2O3S/c1-13(14,11(16)17-2)7-8-19-12-15-9-5-3-4-6-10(9)18-12/h3-6H,7-8,14H2,1-2H3. The fourth-order valence-corrected chi connectivity index (χ4v) is 2.61. The average molecular weight is 280 g/mol. The quantitative estimate of drug-likeness (QED) is 0.668. The maximum Gasteiger partial charge on any atom is 0.325 e. The molecule has 1 unspecified atom stereocenters. The van der Waals surface area contributed by atoms with Crippen LogP contribution in [0, 0.1) is 0 Å². The summed E-state index contributed by atoms with van der Waals surface area (Å²) in [4.78, 5) is 15.8. The number of hydrogen-bond acceptors (Lipinski definition) is 6. The lowest BCUT2D eigenvalue weighted by atomic mass is 10.0. The summed E-state index contributed by atoms with van der Waals surface area (Å²) in [6, 6.07) is 7.57. The fourth-order valence-electron chi connectivity index (χ4n) is 1.60. The number of benzene rings is 1. The van der Waals surface area contributed by atoms with Crippen LogP contribution >= 0.6 is 11.8 Å². The number of ether oxygens (including phenoxy) is 1. The Labute approximate surface area is 115 Å². The molecule has 0 bridgehead atoms. The minimum Gasteiger partial charge on any atom is -0.468 e. The van der Waals surface area contributed by atoms with Crippen LogP contribution in [0.15, 0.2) is 33.9 Å². The van der Waals surface area contributed by atoms with E-state index >= 15 is 0 Å². The number of fused-ring (bicyclic) bond motifs is 1. The topological polar surface area (TPSA) is 78.4 Å². The third kappa shape index (κ3) is 3.27. The molecule has 2 N–H and O–H groups in total. The molecule has 1 heterocycles. The van der Waals surface area contributed by atoms with Gasteiger partial charge in [-0.3, -0.25) is 4.79 Å². The third-order valence-corrected chi connectivity index (χ3v) is 3.60. The van der Waals surface area contributed by atoms with Gasteiger partial charge in [0.05, 0.1) is 7.11 Å². The van der Waals surface area contributed by atoms with Crippen molar-refractivity contribution in [3.63, 3.8) is 0 Å². The van der Waals surface area contributed by atoms with Gasteiger partial charge >= 0.3 is 5.97 Å². The predicted molar refractivity (Wildman–Crippen MR) is 74.0 cm³/mol. The minimum atomic E-state index is -0.978. The van der Waals surface area contributed by atoms with Crippen LogP contribution in [-0.2, 0) is 9.53 Å². The number of aromatic nitrogens is 1. The molecular formula is C13H16N2O3S. The second-order valence-electron chi connectivity index (χ2n) is 4.46. The smallest absolute Gasteiger partial charge is 0.325 e. The van der Waals surface area contributed by atoms with Gasteiger partial charge in [-0.2, -0.15) is 0 Å². The van der Waals surface area contributed by atoms with Gasteiger partial charge in [0.2, 0.25) is 0 Å². The van der Waals surface area contributed by atoms with Gasteiger partial charge < -0.3 is 14.9 Å². The Balaban J connectivity index is 1.94. The average Bonchev–Trinajstić information content (AvgIpc) is 2.80. The first-order chi connectivity index (χ1) is 9.03. The van der Waals surface area contributed by atoms with Crippen molar-refractivity contribution < 1.29 is 13.9 Å². The highest BCUT2D eigenvalue weighted by atomic mass is 32.2. The molecule has 0 fully saturated rings. The molecule has 2 aromatic rings. The third-order valence-electron chi connectivity index (χ3n) is 2.77. The highest BCUT2D eigenvalue weighted by Crippen LogP contribution is 2.25. The second kappa shape index (κ2) is 5.63. The number of methoxy groups -OCH3 is 1. The number of nitrogens with two attached hydrogens (primary N) is 1. The number of esters is 1. The summed E-state index contributed by atoms with van der Waals surface area (Å²) in [5.74, 6) is 0.222. The van der Waals surface area contributed by atoms with Crippen molar-refractivity contribution >= 4 is 28.8 Å². The number of oxazole rings is 1. The van der Waals surface area contributed by atoms with Crippen LogP contribution in [0.5, 0.6) is 0 Å². The summed E-state index contributed by atoms with van der Waals surface area (Å²) in [5.41, 5.74) is 6.48. The van der Waals surface area contributed by atoms with E-state index in [4.69, 9.17) is 10.2 Å². The highest BCUT2D eigenvalue weighted by molar-refractivity contribution is 7.99. The lowest BCUT2D eigenvalue weighted by molar-refractivity contribution is -0.146. The van der Waals surface area contributed by atoms with Crippen LogP contribution in [0.4, 0.5) is 0 Å². The normalized spacial score (nSPS) is 14.3. The number of carbonyl (C=O) groups is 1. The molecule has 0 aliphatic carbocycles. The van der Waals surface area contributed by atoms with Crippen molar-refractivity contribution in [2.45, 2.75) is 24.1 Å². The first-order valence-electron chi connectivity index (χ1n) is 5.88. The lowest BCUT2D eigenvalue weighted by Gasteiger charge is -2.20. The Morgan fingerprint density at radius 3 is 2.95 bits per heavy atom. The van der Waals surface area contributed by atoms with E-state index in [2.05, 4.69) is 9.72 Å². The summed E-state index contributed by atoms with van der Waals surface area (Å²) < 4.78 is 10.2. The van der Waals surface area contributed by atoms with Gasteiger partial charge in [-0.15, -0.1) is 0 Å². The Kier molecular flexibility index (Phi) is 4.11. The zero-order chi connectivity index (χ0) is 13.9. The molecule has 19 heavy (non-hydrogen) atoms. The van der Waals surface area contributed by atoms with Crippen molar-refractivity contribution in [1.82, 2.24) is 4.98 Å². The lowest BCUT2D eigenvalue weighted by Crippen LogP contribution is -2.46. The molecule has 0 saturated heterocycles. The number of hydrogen-bond donors (Lipinski definition) is 1. The molecule has 5 nitrogen and oxygen atoms in total. The van der Waals surface area contributed by atoms with Crippen molar-refractivity contribution in [2.75, 3.05) is 12.9 Å². The van der Waals surface area contributed by atoms with Gasteiger partial charge in [0.15, 0.2) is 5.58 Å². The summed E-state index contributed by atoms with van der Waals surface area (Å²) in [6.45, 7) is 1.66. The van der Waals surface area contributed by atoms with Crippen molar-refractivity contribution in [3.8, 4) is 0 Å². The van der Waals surface area contributed by atoms with Gasteiger partial charge in [0.1, 0.15) is 11.1 Å². The largest absolute Gasteiger partial charge is 0.468 e. The van der Waals surface area contributed by atoms with Crippen LogP contribution in [0.1, 0.15) is 13.3 Å². The van der Waals surface area contributed by atoms with Gasteiger partial charge in [-0.05, 0) is 25.5 Å². The van der Waals surface area contributed by atoms with E-state index in [-0.39, 0.29) is 0 Å². The van der Waals surface area contributed by atoms with Crippen molar-refractivity contribution in [1.29, 1.82) is 0 Å². The summed E-state index contributed by atoms with van der Waals surface area (Å²) in [5, 5.41) is 0.585. The van der Waals surface area contributed by atoms with E-state index in [1.807, 2.05) is 24.3 Å². The van der Waals surface area contributed by atoms with Crippen LogP contribution in [-0.4, -0.2) is 29.4 Å². The zero-order valence-electron chi connectivity index (χ0n) is 10.9. The van der Waals surface area contributed by atoms with E-state index < -0.39 is 11.5 Å². The monoisotopic (exact) mass is 280 g/mol. The molecule has 0 spiro atoms. The molecule has 6 heteroatoms. The highest BCUT2D eigenvalue weighted by Gasteiger charge is 2.29. The summed E-state index contributed by atoms with van der Waals surface area (Å²) in [6.07, 6.45) is 0.489. The number of thioether (sulfide) groups is 1. The van der Waals surface area contributed by atoms with Crippen molar-refractivity contribution in [2.24, 2.45) is 5.73 Å². The van der Waals surface area contributed by atoms with E-state index in [0.29, 0.717) is 17.4 Å². The van der Waals surface area contributed by atoms with Crippen LogP contribution in [0.3, 0.4) is 0 Å². The predicted octanol–water partition coefficient (Wildman–Crippen LogP) is 2.20. The van der Waals surface area contributed by atoms with Gasteiger partial charge in [-0.25, -0.2) is 4.98 Å². The Morgan fingerprint density at radius 2 is 2.26 bits per heavy atom. The molecule has 102 valence electrons. The maximum atomic E-state index is 11.4. The molecular weight excluding hydrogens is 264 g/mol. The molecule has 1 atom stereocenters. The van der Waals surface area contributed by atoms with Crippen LogP contribution in [0.25, 0.3) is 11.1 Å². The number of nitrogens with zero attached hydrogens (tertiary/aromatic N) is 1. The van der Waals surface area contributed by atoms with E-state index in [1.54, 1.807) is 6.92 Å². The number of para-hydroxylation sites is 2. The van der Waals surface area contributed by atoms with E-state index in [9.17, 15) is 4.79 Å². The summed E-state index contributed by atoms with van der Waals surface area (Å²) >= 11 is 1.44. The molecule has 0 amide bonds. The van der Waals surface area contributed by atoms with E-state index in [1.165, 1.54) is 18.9 Å². The molecule has 0 aliphatic rings. The van der Waals surface area contributed by atoms with Crippen LogP contribution < -0.4 is 5.73 Å². The fraction of sp³-hybridized carbons (Fsp3) is 0.385. The van der Waals surface area contributed by atoms with Gasteiger partial charge in [-0.1, -0.05) is 23.9 Å². The van der Waals surface area contributed by atoms with Crippen molar-refractivity contribution in [3.05, 3.63) is 24.3 Å². The molecule has 1 aromatic carbocycles. The molecule has 1 aromatic heterocycles. The molecule has 2 rings (SSSR count). The number of carbonyl (C=O) groups excluding carboxylic acids is 1. The second-order valence-corrected chi connectivity index (χ2v) is 5.50. The van der Waals surface area contributed by atoms with Gasteiger partial charge in [0, 0.05) is 5.75 Å². The van der Waals surface area contributed by atoms with E-state index in [0.717, 1.165) is 11.1 Å². The molecule has 0 saturated carbocycles. The first-order valence-corrected chi connectivity index (χ1v) is 6.87. The first kappa shape index (κ1) is 13.9. The number of rotatable bonds is 5. The summed E-state index contributed by atoms with van der Waals surface area (Å²) in [7, 11) is 1.33. The van der Waals surface area contributed by atoms with Gasteiger partial charge in [0.25, 0.3) is 5.22 Å². The minimum absolute atomic E-state index is 0.411. The zero-order valence-corrected chi connectivity index (χ0v) is 11.7. The van der Waals surface area contributed by atoms with Crippen LogP contribution in [0.2, 0.25) is 0 Å². The molecule has 0 aliphatic heterocycles. The Morgan fingerprint density at radius 1 is 1.53 bits per heavy atom. The maximum absolute atomic E-state index is 11.4. The SMILES string of the molecule is COC(=O)C(C)(N)CCSc1nc2ccccc2o1. The Hall–Kier alpha value is -1.53.